The summed E-state index contributed by atoms with van der Waals surface area (Å²) < 4.78 is 5.19. The van der Waals surface area contributed by atoms with Gasteiger partial charge in [0.2, 0.25) is 5.88 Å². The molecule has 0 bridgehead atoms. The number of hydrogen-bond donors (Lipinski definition) is 2. The minimum atomic E-state index is -0.871. The highest BCUT2D eigenvalue weighted by molar-refractivity contribution is 6.61. The Morgan fingerprint density at radius 3 is 3.16 bits per heavy atom. The van der Waals surface area contributed by atoms with Crippen molar-refractivity contribution in [3.05, 3.63) is 42.4 Å². The number of hydrogen-bond acceptors (Lipinski definition) is 6. The Morgan fingerprint density at radius 1 is 1.37 bits per heavy atom. The average molecular weight is 257 g/mol. The van der Waals surface area contributed by atoms with Gasteiger partial charge < -0.3 is 14.5 Å². The molecule has 0 aliphatic carbocycles. The molecule has 1 aliphatic rings. The fourth-order valence-electron chi connectivity index (χ4n) is 1.94. The third-order valence-electron chi connectivity index (χ3n) is 2.89. The Labute approximate surface area is 110 Å². The molecule has 0 spiro atoms. The molecule has 6 nitrogen and oxygen atoms in total. The van der Waals surface area contributed by atoms with E-state index in [0.29, 0.717) is 12.5 Å². The van der Waals surface area contributed by atoms with E-state index in [4.69, 9.17) is 9.49 Å². The van der Waals surface area contributed by atoms with Crippen LogP contribution in [0.3, 0.4) is 0 Å². The molecule has 7 heteroatoms. The second kappa shape index (κ2) is 5.25. The summed E-state index contributed by atoms with van der Waals surface area (Å²) in [5.41, 5.74) is 5.35. The molecule has 96 valence electrons. The van der Waals surface area contributed by atoms with Crippen LogP contribution >= 0.6 is 0 Å². The van der Waals surface area contributed by atoms with Gasteiger partial charge in [-0.2, -0.15) is 4.98 Å². The Hall–Kier alpha value is -2.12. The average Bonchev–Trinajstić information content (AvgIpc) is 2.47. The molecule has 0 fully saturated rings. The zero-order chi connectivity index (χ0) is 13.1. The minimum absolute atomic E-state index is 0.421. The number of nitrogens with zero attached hydrogens (tertiary/aromatic N) is 2. The van der Waals surface area contributed by atoms with E-state index in [0.717, 1.165) is 23.1 Å². The first kappa shape index (κ1) is 11.9. The third-order valence-corrected chi connectivity index (χ3v) is 2.89. The van der Waals surface area contributed by atoms with Crippen molar-refractivity contribution in [2.45, 2.75) is 6.42 Å². The van der Waals surface area contributed by atoms with Crippen LogP contribution in [0.5, 0.6) is 5.88 Å². The zero-order valence-electron chi connectivity index (χ0n) is 10.1. The van der Waals surface area contributed by atoms with E-state index in [-0.39, 0.29) is 0 Å². The summed E-state index contributed by atoms with van der Waals surface area (Å²) in [6.07, 6.45) is 3.80. The monoisotopic (exact) mass is 257 g/mol. The molecule has 0 unspecified atom stereocenters. The molecule has 0 amide bonds. The van der Waals surface area contributed by atoms with E-state index >= 15 is 0 Å². The number of nitrogens with one attached hydrogen (secondary N) is 1. The first-order valence-corrected chi connectivity index (χ1v) is 5.94. The summed E-state index contributed by atoms with van der Waals surface area (Å²) in [7, 11) is -0.871. The number of fused-ring (bicyclic) bond motifs is 1. The van der Waals surface area contributed by atoms with Crippen molar-refractivity contribution in [1.29, 1.82) is 0 Å². The fourth-order valence-corrected chi connectivity index (χ4v) is 1.94. The lowest BCUT2D eigenvalue weighted by molar-refractivity contribution is 0.266. The lowest BCUT2D eigenvalue weighted by Crippen LogP contribution is -2.41. The Kier molecular flexibility index (Phi) is 3.30. The smallest absolute Gasteiger partial charge is 0.423 e. The zero-order valence-corrected chi connectivity index (χ0v) is 10.1. The maximum atomic E-state index is 9.76. The normalized spacial score (nSPS) is 13.8. The molecule has 2 N–H and O–H groups in total. The molecule has 1 aromatic carbocycles. The number of aromatic nitrogens is 2. The minimum Gasteiger partial charge on any atom is -0.423 e. The molecule has 2 heterocycles. The van der Waals surface area contributed by atoms with Crippen molar-refractivity contribution in [1.82, 2.24) is 9.97 Å². The molecule has 0 radical (unpaired) electrons. The highest BCUT2D eigenvalue weighted by Gasteiger charge is 2.24. The van der Waals surface area contributed by atoms with Crippen LogP contribution < -0.4 is 15.8 Å². The van der Waals surface area contributed by atoms with Crippen LogP contribution in [0.2, 0.25) is 0 Å². The van der Waals surface area contributed by atoms with Crippen molar-refractivity contribution in [3.8, 4) is 5.88 Å². The van der Waals surface area contributed by atoms with Gasteiger partial charge in [0.1, 0.15) is 6.33 Å². The van der Waals surface area contributed by atoms with Gasteiger partial charge >= 0.3 is 7.12 Å². The van der Waals surface area contributed by atoms with Gasteiger partial charge in [-0.25, -0.2) is 10.5 Å². The van der Waals surface area contributed by atoms with Gasteiger partial charge in [-0.3, -0.25) is 0 Å². The standard InChI is InChI=1S/C12H12BN3O3/c17-13-11-7-10(2-1-9(11)4-6-18-13)16-19-12-3-5-14-8-15-12/h1-3,5,7-8,16-17H,4,6H2. The predicted octanol–water partition coefficient (Wildman–Crippen LogP) is 0.143. The first-order chi connectivity index (χ1) is 9.33. The van der Waals surface area contributed by atoms with Gasteiger partial charge in [-0.15, -0.1) is 0 Å². The molecule has 3 rings (SSSR count). The van der Waals surface area contributed by atoms with Gasteiger partial charge in [0, 0.05) is 18.9 Å². The van der Waals surface area contributed by atoms with Crippen LogP contribution in [0.25, 0.3) is 0 Å². The molecule has 2 aromatic rings. The maximum Gasteiger partial charge on any atom is 0.491 e. The summed E-state index contributed by atoms with van der Waals surface area (Å²) in [6.45, 7) is 0.540. The van der Waals surface area contributed by atoms with Crippen molar-refractivity contribution in [3.63, 3.8) is 0 Å². The van der Waals surface area contributed by atoms with E-state index in [2.05, 4.69) is 15.4 Å². The maximum absolute atomic E-state index is 9.76. The van der Waals surface area contributed by atoms with Gasteiger partial charge in [0.15, 0.2) is 0 Å². The molecular weight excluding hydrogens is 245 g/mol. The van der Waals surface area contributed by atoms with Crippen molar-refractivity contribution in [2.24, 2.45) is 0 Å². The topological polar surface area (TPSA) is 76.5 Å². The number of rotatable bonds is 3. The predicted molar refractivity (Wildman–Crippen MR) is 70.0 cm³/mol. The van der Waals surface area contributed by atoms with E-state index in [1.54, 1.807) is 18.3 Å². The van der Waals surface area contributed by atoms with Crippen LogP contribution in [-0.2, 0) is 11.1 Å². The van der Waals surface area contributed by atoms with Gasteiger partial charge in [0.25, 0.3) is 0 Å². The number of anilines is 1. The van der Waals surface area contributed by atoms with Gasteiger partial charge in [-0.05, 0) is 29.6 Å². The Bertz CT molecular complexity index is 567. The van der Waals surface area contributed by atoms with Crippen LogP contribution in [0.4, 0.5) is 5.69 Å². The van der Waals surface area contributed by atoms with Crippen molar-refractivity contribution >= 4 is 18.3 Å². The quantitative estimate of drug-likeness (QED) is 0.601. The van der Waals surface area contributed by atoms with Gasteiger partial charge in [0.05, 0.1) is 5.69 Å². The lowest BCUT2D eigenvalue weighted by Gasteiger charge is -2.19. The lowest BCUT2D eigenvalue weighted by atomic mass is 9.73. The highest BCUT2D eigenvalue weighted by Crippen LogP contribution is 2.13. The molecule has 0 saturated carbocycles. The summed E-state index contributed by atoms with van der Waals surface area (Å²) in [5, 5.41) is 9.76. The Balaban J connectivity index is 1.74. The van der Waals surface area contributed by atoms with Crippen LogP contribution in [0.1, 0.15) is 5.56 Å². The van der Waals surface area contributed by atoms with Gasteiger partial charge in [-0.1, -0.05) is 6.07 Å². The van der Waals surface area contributed by atoms with E-state index < -0.39 is 7.12 Å². The van der Waals surface area contributed by atoms with Crippen LogP contribution in [-0.4, -0.2) is 28.7 Å². The number of benzene rings is 1. The van der Waals surface area contributed by atoms with Crippen LogP contribution in [0.15, 0.2) is 36.8 Å². The molecule has 19 heavy (non-hydrogen) atoms. The largest absolute Gasteiger partial charge is 0.491 e. The first-order valence-electron chi connectivity index (χ1n) is 5.94. The van der Waals surface area contributed by atoms with Crippen molar-refractivity contribution < 1.29 is 14.5 Å². The van der Waals surface area contributed by atoms with Crippen LogP contribution in [0, 0.1) is 0 Å². The summed E-state index contributed by atoms with van der Waals surface area (Å²) >= 11 is 0. The summed E-state index contributed by atoms with van der Waals surface area (Å²) in [5.74, 6) is 0.421. The molecular formula is C12H12BN3O3. The third kappa shape index (κ3) is 2.67. The highest BCUT2D eigenvalue weighted by atomic mass is 16.7. The molecule has 1 aliphatic heterocycles. The molecule has 0 saturated heterocycles. The summed E-state index contributed by atoms with van der Waals surface area (Å²) in [6, 6.07) is 7.29. The fraction of sp³-hybridized carbons (Fsp3) is 0.167. The summed E-state index contributed by atoms with van der Waals surface area (Å²) in [4.78, 5) is 13.0. The van der Waals surface area contributed by atoms with E-state index in [1.807, 2.05) is 12.1 Å². The van der Waals surface area contributed by atoms with E-state index in [9.17, 15) is 5.02 Å². The second-order valence-electron chi connectivity index (χ2n) is 4.14. The Morgan fingerprint density at radius 2 is 2.32 bits per heavy atom. The SMILES string of the molecule is OB1OCCc2ccc(NOc3ccncn3)cc21. The van der Waals surface area contributed by atoms with E-state index in [1.165, 1.54) is 6.33 Å². The van der Waals surface area contributed by atoms with Crippen molar-refractivity contribution in [2.75, 3.05) is 12.1 Å². The molecule has 0 atom stereocenters. The molecule has 1 aromatic heterocycles. The second-order valence-corrected chi connectivity index (χ2v) is 4.14.